The number of carbonyl (C=O) groups excluding carboxylic acids is 2. The van der Waals surface area contributed by atoms with E-state index in [4.69, 9.17) is 18.9 Å². The van der Waals surface area contributed by atoms with Gasteiger partial charge in [0.1, 0.15) is 13.2 Å². The fourth-order valence-corrected chi connectivity index (χ4v) is 1.24. The molecule has 0 amide bonds. The van der Waals surface area contributed by atoms with E-state index in [9.17, 15) is 9.59 Å². The topological polar surface area (TPSA) is 71.1 Å². The molecule has 0 unspecified atom stereocenters. The molecule has 0 aliphatic carbocycles. The monoisotopic (exact) mass is 262 g/mol. The van der Waals surface area contributed by atoms with Crippen LogP contribution in [-0.2, 0) is 28.5 Å². The predicted octanol–water partition coefficient (Wildman–Crippen LogP) is 0.782. The maximum atomic E-state index is 11.3. The van der Waals surface area contributed by atoms with Crippen LogP contribution >= 0.6 is 0 Å². The van der Waals surface area contributed by atoms with Crippen LogP contribution in [0.4, 0.5) is 0 Å². The Balaban J connectivity index is 3.64. The van der Waals surface area contributed by atoms with Crippen molar-refractivity contribution in [1.29, 1.82) is 0 Å². The van der Waals surface area contributed by atoms with Crippen LogP contribution in [0.5, 0.6) is 0 Å². The Bertz CT molecular complexity index is 217. The van der Waals surface area contributed by atoms with Gasteiger partial charge >= 0.3 is 11.9 Å². The molecule has 0 saturated carbocycles. The molecule has 0 heterocycles. The van der Waals surface area contributed by atoms with Crippen LogP contribution in [-0.4, -0.2) is 52.6 Å². The molecule has 18 heavy (non-hydrogen) atoms. The van der Waals surface area contributed by atoms with Gasteiger partial charge in [0.2, 0.25) is 0 Å². The summed E-state index contributed by atoms with van der Waals surface area (Å²) in [6, 6.07) is 0. The Morgan fingerprint density at radius 1 is 0.833 bits per heavy atom. The van der Waals surface area contributed by atoms with Crippen LogP contribution in [0.2, 0.25) is 0 Å². The summed E-state index contributed by atoms with van der Waals surface area (Å²) in [5.74, 6) is -0.761. The molecule has 6 heteroatoms. The van der Waals surface area contributed by atoms with Gasteiger partial charge in [-0.15, -0.1) is 0 Å². The quantitative estimate of drug-likeness (QED) is 0.428. The molecule has 0 aliphatic heterocycles. The van der Waals surface area contributed by atoms with Gasteiger partial charge in [-0.1, -0.05) is 6.92 Å². The van der Waals surface area contributed by atoms with Gasteiger partial charge in [-0.2, -0.15) is 0 Å². The van der Waals surface area contributed by atoms with Gasteiger partial charge < -0.3 is 18.9 Å². The van der Waals surface area contributed by atoms with Gasteiger partial charge in [-0.3, -0.25) is 9.59 Å². The predicted molar refractivity (Wildman–Crippen MR) is 64.1 cm³/mol. The first-order valence-electron chi connectivity index (χ1n) is 5.89. The van der Waals surface area contributed by atoms with Crippen molar-refractivity contribution in [3.05, 3.63) is 0 Å². The zero-order valence-corrected chi connectivity index (χ0v) is 11.3. The molecule has 0 aliphatic rings. The molecule has 0 N–H and O–H groups in total. The molecule has 6 nitrogen and oxygen atoms in total. The Morgan fingerprint density at radius 2 is 1.22 bits per heavy atom. The van der Waals surface area contributed by atoms with Gasteiger partial charge in [0.25, 0.3) is 0 Å². The lowest BCUT2D eigenvalue weighted by Crippen LogP contribution is -2.17. The number of hydrogen-bond donors (Lipinski definition) is 0. The highest BCUT2D eigenvalue weighted by molar-refractivity contribution is 5.73. The van der Waals surface area contributed by atoms with Crippen molar-refractivity contribution in [1.82, 2.24) is 0 Å². The third-order valence-electron chi connectivity index (χ3n) is 2.13. The molecule has 0 atom stereocenters. The summed E-state index contributed by atoms with van der Waals surface area (Å²) >= 11 is 0. The molecule has 0 bridgehead atoms. The second-order valence-corrected chi connectivity index (χ2v) is 3.94. The molecule has 0 aromatic rings. The first-order valence-corrected chi connectivity index (χ1v) is 5.89. The fraction of sp³-hybridized carbons (Fsp3) is 0.833. The van der Waals surface area contributed by atoms with Gasteiger partial charge in [0.05, 0.1) is 13.2 Å². The fourth-order valence-electron chi connectivity index (χ4n) is 1.24. The Hall–Kier alpha value is -1.14. The second-order valence-electron chi connectivity index (χ2n) is 3.94. The lowest BCUT2D eigenvalue weighted by Gasteiger charge is -2.10. The van der Waals surface area contributed by atoms with E-state index in [0.717, 1.165) is 0 Å². The van der Waals surface area contributed by atoms with E-state index >= 15 is 0 Å². The lowest BCUT2D eigenvalue weighted by atomic mass is 10.0. The Labute approximate surface area is 108 Å². The summed E-state index contributed by atoms with van der Waals surface area (Å²) < 4.78 is 19.3. The van der Waals surface area contributed by atoms with Crippen LogP contribution in [0.3, 0.4) is 0 Å². The van der Waals surface area contributed by atoms with Crippen molar-refractivity contribution < 1.29 is 28.5 Å². The van der Waals surface area contributed by atoms with Crippen molar-refractivity contribution in [2.75, 3.05) is 40.6 Å². The van der Waals surface area contributed by atoms with Gasteiger partial charge in [-0.25, -0.2) is 0 Å². The van der Waals surface area contributed by atoms with Gasteiger partial charge in [0.15, 0.2) is 0 Å². The minimum atomic E-state index is -0.329. The maximum absolute atomic E-state index is 11.3. The summed E-state index contributed by atoms with van der Waals surface area (Å²) in [6.07, 6.45) is 0.395. The third kappa shape index (κ3) is 10.0. The van der Waals surface area contributed by atoms with Crippen LogP contribution < -0.4 is 0 Å². The highest BCUT2D eigenvalue weighted by Crippen LogP contribution is 2.09. The van der Waals surface area contributed by atoms with Gasteiger partial charge in [0, 0.05) is 27.1 Å². The van der Waals surface area contributed by atoms with E-state index in [1.807, 2.05) is 0 Å². The Morgan fingerprint density at radius 3 is 1.56 bits per heavy atom. The summed E-state index contributed by atoms with van der Waals surface area (Å²) in [6.45, 7) is 3.02. The summed E-state index contributed by atoms with van der Waals surface area (Å²) in [4.78, 5) is 22.6. The number of rotatable bonds is 10. The SMILES string of the molecule is COCCOC(=O)CC(C)CC(=O)OCCOC. The summed E-state index contributed by atoms with van der Waals surface area (Å²) in [7, 11) is 3.07. The van der Waals surface area contributed by atoms with Crippen molar-refractivity contribution >= 4 is 11.9 Å². The molecule has 0 fully saturated rings. The molecule has 0 spiro atoms. The first-order chi connectivity index (χ1) is 8.60. The number of esters is 2. The molecule has 0 rings (SSSR count). The van der Waals surface area contributed by atoms with E-state index in [-0.39, 0.29) is 43.9 Å². The average Bonchev–Trinajstić information content (AvgIpc) is 2.29. The smallest absolute Gasteiger partial charge is 0.306 e. The van der Waals surface area contributed by atoms with E-state index < -0.39 is 0 Å². The number of methoxy groups -OCH3 is 2. The van der Waals surface area contributed by atoms with Crippen molar-refractivity contribution in [3.63, 3.8) is 0 Å². The molecule has 0 saturated heterocycles. The number of carbonyl (C=O) groups is 2. The molecule has 106 valence electrons. The lowest BCUT2D eigenvalue weighted by molar-refractivity contribution is -0.148. The van der Waals surface area contributed by atoms with Crippen molar-refractivity contribution in [3.8, 4) is 0 Å². The first kappa shape index (κ1) is 16.9. The second kappa shape index (κ2) is 11.0. The molecule has 0 aromatic carbocycles. The normalized spacial score (nSPS) is 10.4. The van der Waals surface area contributed by atoms with Gasteiger partial charge in [-0.05, 0) is 5.92 Å². The summed E-state index contributed by atoms with van der Waals surface area (Å²) in [5, 5.41) is 0. The standard InChI is InChI=1S/C12H22O6/c1-10(8-11(13)17-6-4-15-2)9-12(14)18-7-5-16-3/h10H,4-9H2,1-3H3. The van der Waals surface area contributed by atoms with Crippen LogP contribution in [0.25, 0.3) is 0 Å². The number of ether oxygens (including phenoxy) is 4. The average molecular weight is 262 g/mol. The van der Waals surface area contributed by atoms with Crippen LogP contribution in [0.1, 0.15) is 19.8 Å². The third-order valence-corrected chi connectivity index (χ3v) is 2.13. The highest BCUT2D eigenvalue weighted by Gasteiger charge is 2.15. The molecular weight excluding hydrogens is 240 g/mol. The van der Waals surface area contributed by atoms with E-state index in [2.05, 4.69) is 0 Å². The minimum Gasteiger partial charge on any atom is -0.463 e. The van der Waals surface area contributed by atoms with Crippen molar-refractivity contribution in [2.24, 2.45) is 5.92 Å². The van der Waals surface area contributed by atoms with E-state index in [1.165, 1.54) is 14.2 Å². The summed E-state index contributed by atoms with van der Waals surface area (Å²) in [5.41, 5.74) is 0. The minimum absolute atomic E-state index is 0.102. The van der Waals surface area contributed by atoms with Crippen molar-refractivity contribution in [2.45, 2.75) is 19.8 Å². The highest BCUT2D eigenvalue weighted by atomic mass is 16.6. The van der Waals surface area contributed by atoms with E-state index in [1.54, 1.807) is 6.92 Å². The van der Waals surface area contributed by atoms with Crippen LogP contribution in [0.15, 0.2) is 0 Å². The zero-order chi connectivity index (χ0) is 13.8. The zero-order valence-electron chi connectivity index (χ0n) is 11.3. The Kier molecular flexibility index (Phi) is 10.3. The van der Waals surface area contributed by atoms with E-state index in [0.29, 0.717) is 13.2 Å². The number of hydrogen-bond acceptors (Lipinski definition) is 6. The van der Waals surface area contributed by atoms with Crippen LogP contribution in [0, 0.1) is 5.92 Å². The largest absolute Gasteiger partial charge is 0.463 e. The molecule has 0 radical (unpaired) electrons. The maximum Gasteiger partial charge on any atom is 0.306 e. The molecular formula is C12H22O6. The molecule has 0 aromatic heterocycles.